The molecule has 0 saturated carbocycles. The van der Waals surface area contributed by atoms with Gasteiger partial charge in [-0.15, -0.1) is 0 Å². The first-order valence-corrected chi connectivity index (χ1v) is 7.10. The fraction of sp³-hybridized carbons (Fsp3) is 0.188. The van der Waals surface area contributed by atoms with E-state index in [2.05, 4.69) is 11.6 Å². The van der Waals surface area contributed by atoms with Crippen LogP contribution in [-0.2, 0) is 20.6 Å². The highest BCUT2D eigenvalue weighted by atomic mass is 16.5. The third-order valence-corrected chi connectivity index (χ3v) is 3.65. The van der Waals surface area contributed by atoms with Crippen LogP contribution in [0.2, 0.25) is 0 Å². The highest BCUT2D eigenvalue weighted by Crippen LogP contribution is 2.18. The van der Waals surface area contributed by atoms with Gasteiger partial charge in [0.25, 0.3) is 11.2 Å². The van der Waals surface area contributed by atoms with Crippen LogP contribution in [0.15, 0.2) is 52.6 Å². The molecule has 0 atom stereocenters. The molecule has 1 N–H and O–H groups in total. The van der Waals surface area contributed by atoms with Gasteiger partial charge in [-0.3, -0.25) is 13.9 Å². The van der Waals surface area contributed by atoms with Crippen molar-refractivity contribution in [3.8, 4) is 11.8 Å². The largest absolute Gasteiger partial charge is 0.462 e. The lowest BCUT2D eigenvalue weighted by molar-refractivity contribution is -0.665. The molecule has 0 aliphatic rings. The van der Waals surface area contributed by atoms with Crippen molar-refractivity contribution in [2.45, 2.75) is 6.54 Å². The predicted octanol–water partition coefficient (Wildman–Crippen LogP) is 0.831. The highest BCUT2D eigenvalue weighted by Gasteiger charge is 2.26. The summed E-state index contributed by atoms with van der Waals surface area (Å²) < 4.78 is 9.95. The van der Waals surface area contributed by atoms with Crippen LogP contribution in [0.4, 0.5) is 0 Å². The summed E-state index contributed by atoms with van der Waals surface area (Å²) in [5, 5.41) is 0. The maximum Gasteiger partial charge on any atom is 0.462 e. The zero-order valence-electron chi connectivity index (χ0n) is 12.9. The van der Waals surface area contributed by atoms with Crippen LogP contribution in [-0.4, -0.2) is 14.1 Å². The number of H-pyrrole nitrogens is 1. The summed E-state index contributed by atoms with van der Waals surface area (Å²) in [5.74, 6) is 0.624. The first kappa shape index (κ1) is 14.8. The first-order chi connectivity index (χ1) is 11.0. The van der Waals surface area contributed by atoms with Gasteiger partial charge < -0.3 is 4.74 Å². The average molecular weight is 313 g/mol. The molecule has 0 amide bonds. The molecule has 0 aliphatic heterocycles. The topological polar surface area (TPSA) is 72.9 Å². The molecule has 23 heavy (non-hydrogen) atoms. The molecule has 2 heterocycles. The van der Waals surface area contributed by atoms with E-state index in [1.165, 1.54) is 11.6 Å². The quantitative estimate of drug-likeness (QED) is 0.573. The van der Waals surface area contributed by atoms with Crippen molar-refractivity contribution in [1.82, 2.24) is 14.1 Å². The van der Waals surface area contributed by atoms with Crippen molar-refractivity contribution < 1.29 is 9.30 Å². The molecule has 3 aromatic rings. The smallest absolute Gasteiger partial charge is 0.392 e. The maximum absolute atomic E-state index is 12.5. The Labute approximate surface area is 131 Å². The second-order valence-corrected chi connectivity index (χ2v) is 5.15. The molecule has 2 aromatic heterocycles. The summed E-state index contributed by atoms with van der Waals surface area (Å²) in [7, 11) is 3.05. The number of para-hydroxylation sites is 1. The Kier molecular flexibility index (Phi) is 3.61. The van der Waals surface area contributed by atoms with Gasteiger partial charge in [0.05, 0.1) is 0 Å². The fourth-order valence-corrected chi connectivity index (χ4v) is 2.47. The zero-order valence-corrected chi connectivity index (χ0v) is 12.9. The highest BCUT2D eigenvalue weighted by molar-refractivity contribution is 5.66. The molecule has 0 spiro atoms. The minimum atomic E-state index is -0.402. The fourth-order valence-electron chi connectivity index (χ4n) is 2.47. The number of aromatic nitrogens is 4. The van der Waals surface area contributed by atoms with E-state index in [0.717, 1.165) is 4.57 Å². The summed E-state index contributed by atoms with van der Waals surface area (Å²) in [4.78, 5) is 27.6. The number of nitrogens with one attached hydrogen (secondary N) is 1. The van der Waals surface area contributed by atoms with Crippen LogP contribution in [0.5, 0.6) is 11.8 Å². The summed E-state index contributed by atoms with van der Waals surface area (Å²) in [5.41, 5.74) is -0.0174. The van der Waals surface area contributed by atoms with Crippen LogP contribution in [0.1, 0.15) is 0 Å². The molecule has 118 valence electrons. The number of imidazole rings is 1. The van der Waals surface area contributed by atoms with Gasteiger partial charge in [0.2, 0.25) is 0 Å². The number of benzene rings is 1. The Morgan fingerprint density at radius 1 is 1.22 bits per heavy atom. The Morgan fingerprint density at radius 3 is 2.57 bits per heavy atom. The summed E-state index contributed by atoms with van der Waals surface area (Å²) in [6, 6.07) is 9.57. The molecule has 7 nitrogen and oxygen atoms in total. The van der Waals surface area contributed by atoms with Gasteiger partial charge in [-0.25, -0.2) is 4.79 Å². The molecule has 0 aliphatic carbocycles. The van der Waals surface area contributed by atoms with Crippen molar-refractivity contribution >= 4 is 11.2 Å². The van der Waals surface area contributed by atoms with E-state index in [4.69, 9.17) is 4.74 Å². The minimum absolute atomic E-state index is 0.362. The second kappa shape index (κ2) is 5.60. The number of fused-ring (bicyclic) bond motifs is 1. The first-order valence-electron chi connectivity index (χ1n) is 7.10. The number of rotatable bonds is 4. The van der Waals surface area contributed by atoms with Crippen LogP contribution >= 0.6 is 0 Å². The molecule has 0 fully saturated rings. The molecule has 0 unspecified atom stereocenters. The van der Waals surface area contributed by atoms with E-state index in [1.807, 2.05) is 18.2 Å². The molecule has 0 radical (unpaired) electrons. The Balaban J connectivity index is 2.30. The molecular weight excluding hydrogens is 296 g/mol. The lowest BCUT2D eigenvalue weighted by atomic mass is 10.3. The van der Waals surface area contributed by atoms with Gasteiger partial charge in [0, 0.05) is 14.1 Å². The van der Waals surface area contributed by atoms with Gasteiger partial charge >= 0.3 is 17.3 Å². The molecular formula is C16H17N4O3+. The number of aryl methyl sites for hydroxylation is 1. The van der Waals surface area contributed by atoms with Crippen LogP contribution in [0.3, 0.4) is 0 Å². The normalized spacial score (nSPS) is 10.9. The van der Waals surface area contributed by atoms with Crippen molar-refractivity contribution in [1.29, 1.82) is 0 Å². The Hall–Kier alpha value is -3.09. The number of nitrogens with zero attached hydrogens (tertiary/aromatic N) is 3. The third-order valence-electron chi connectivity index (χ3n) is 3.65. The number of hydrogen-bond donors (Lipinski definition) is 1. The van der Waals surface area contributed by atoms with Crippen molar-refractivity contribution in [2.75, 3.05) is 0 Å². The molecule has 0 saturated heterocycles. The van der Waals surface area contributed by atoms with E-state index in [-0.39, 0.29) is 5.56 Å². The molecule has 3 rings (SSSR count). The number of allylic oxidation sites excluding steroid dienone is 1. The van der Waals surface area contributed by atoms with E-state index >= 15 is 0 Å². The van der Waals surface area contributed by atoms with Crippen LogP contribution in [0, 0.1) is 0 Å². The zero-order chi connectivity index (χ0) is 16.6. The minimum Gasteiger partial charge on any atom is -0.392 e. The summed E-state index contributed by atoms with van der Waals surface area (Å²) in [6.07, 6.45) is 1.66. The van der Waals surface area contributed by atoms with Crippen molar-refractivity contribution in [3.63, 3.8) is 0 Å². The monoisotopic (exact) mass is 313 g/mol. The van der Waals surface area contributed by atoms with Gasteiger partial charge in [-0.2, -0.15) is 9.55 Å². The number of aromatic amines is 1. The average Bonchev–Trinajstić information content (AvgIpc) is 2.91. The third kappa shape index (κ3) is 2.36. The van der Waals surface area contributed by atoms with Crippen molar-refractivity contribution in [3.05, 3.63) is 63.8 Å². The van der Waals surface area contributed by atoms with E-state index in [0.29, 0.717) is 29.5 Å². The number of hydrogen-bond acceptors (Lipinski definition) is 3. The summed E-state index contributed by atoms with van der Waals surface area (Å²) in [6.45, 7) is 4.09. The Bertz CT molecular complexity index is 996. The Morgan fingerprint density at radius 2 is 1.91 bits per heavy atom. The number of ether oxygens (including phenoxy) is 1. The second-order valence-electron chi connectivity index (χ2n) is 5.15. The van der Waals surface area contributed by atoms with Gasteiger partial charge in [-0.05, 0) is 12.1 Å². The molecule has 1 aromatic carbocycles. The van der Waals surface area contributed by atoms with E-state index < -0.39 is 5.69 Å². The standard InChI is InChI=1S/C16H16N4O3/c1-4-10-20-12-13(18(2)16(22)19(3)14(12)21)17-15(20)23-11-8-6-5-7-9-11/h4-9H,1,10H2,2-3H3/p+1. The molecule has 7 heteroatoms. The van der Waals surface area contributed by atoms with Gasteiger partial charge in [0.15, 0.2) is 0 Å². The van der Waals surface area contributed by atoms with Crippen molar-refractivity contribution in [2.24, 2.45) is 14.1 Å². The summed E-state index contributed by atoms with van der Waals surface area (Å²) >= 11 is 0. The lowest BCUT2D eigenvalue weighted by Gasteiger charge is -2.01. The van der Waals surface area contributed by atoms with E-state index in [1.54, 1.807) is 29.8 Å². The predicted molar refractivity (Wildman–Crippen MR) is 85.7 cm³/mol. The van der Waals surface area contributed by atoms with E-state index in [9.17, 15) is 9.59 Å². The maximum atomic E-state index is 12.5. The SMILES string of the molecule is C=CC[n+]1c(Oc2ccccc2)[nH]c2c1c(=O)n(C)c(=O)n2C. The van der Waals surface area contributed by atoms with Gasteiger partial charge in [-0.1, -0.05) is 30.9 Å². The van der Waals surface area contributed by atoms with Crippen LogP contribution < -0.4 is 20.6 Å². The lowest BCUT2D eigenvalue weighted by Crippen LogP contribution is -2.43. The molecule has 0 bridgehead atoms. The van der Waals surface area contributed by atoms with Gasteiger partial charge in [0.1, 0.15) is 12.3 Å². The van der Waals surface area contributed by atoms with Crippen LogP contribution in [0.25, 0.3) is 11.2 Å².